The molecule has 0 bridgehead atoms. The topological polar surface area (TPSA) is 105 Å². The molecule has 1 aliphatic heterocycles. The van der Waals surface area contributed by atoms with Gasteiger partial charge in [0.05, 0.1) is 5.56 Å². The highest BCUT2D eigenvalue weighted by Crippen LogP contribution is 2.21. The predicted molar refractivity (Wildman–Crippen MR) is 105 cm³/mol. The molecule has 9 heteroatoms. The number of rotatable bonds is 5. The average molecular weight is 416 g/mol. The van der Waals surface area contributed by atoms with E-state index in [1.165, 1.54) is 24.3 Å². The van der Waals surface area contributed by atoms with Crippen LogP contribution in [0.3, 0.4) is 0 Å². The lowest BCUT2D eigenvalue weighted by Gasteiger charge is -2.15. The molecule has 2 aromatic rings. The SMILES string of the molecule is O=C(COC(=O)c1ccc(N2CCCC2=O)cc1)NNC(=O)c1ccc(Cl)cc1. The molecule has 0 aliphatic carbocycles. The Morgan fingerprint density at radius 2 is 1.62 bits per heavy atom. The van der Waals surface area contributed by atoms with Crippen LogP contribution in [0.1, 0.15) is 33.6 Å². The number of carbonyl (C=O) groups excluding carboxylic acids is 4. The average Bonchev–Trinajstić information content (AvgIpc) is 3.16. The fraction of sp³-hybridized carbons (Fsp3) is 0.200. The number of amides is 3. The van der Waals surface area contributed by atoms with Crippen LogP contribution in [0.5, 0.6) is 0 Å². The smallest absolute Gasteiger partial charge is 0.338 e. The first-order chi connectivity index (χ1) is 13.9. The molecule has 1 heterocycles. The summed E-state index contributed by atoms with van der Waals surface area (Å²) in [6.07, 6.45) is 1.33. The molecule has 0 atom stereocenters. The standard InChI is InChI=1S/C20H18ClN3O5/c21-15-7-3-13(4-8-15)19(27)23-22-17(25)12-29-20(28)14-5-9-16(10-6-14)24-11-1-2-18(24)26/h3-10H,1-2,11-12H2,(H,22,25)(H,23,27). The van der Waals surface area contributed by atoms with Gasteiger partial charge in [0, 0.05) is 29.2 Å². The number of carbonyl (C=O) groups is 4. The lowest BCUT2D eigenvalue weighted by atomic mass is 10.2. The minimum atomic E-state index is -0.694. The van der Waals surface area contributed by atoms with Crippen LogP contribution >= 0.6 is 11.6 Å². The van der Waals surface area contributed by atoms with Gasteiger partial charge in [-0.25, -0.2) is 4.79 Å². The molecule has 0 unspecified atom stereocenters. The first-order valence-corrected chi connectivity index (χ1v) is 9.24. The Balaban J connectivity index is 1.44. The van der Waals surface area contributed by atoms with Gasteiger partial charge in [-0.05, 0) is 55.0 Å². The van der Waals surface area contributed by atoms with Crippen molar-refractivity contribution in [3.8, 4) is 0 Å². The summed E-state index contributed by atoms with van der Waals surface area (Å²) in [5.74, 6) is -1.87. The van der Waals surface area contributed by atoms with Crippen molar-refractivity contribution in [3.63, 3.8) is 0 Å². The van der Waals surface area contributed by atoms with Crippen molar-refractivity contribution >= 4 is 41.0 Å². The molecule has 1 saturated heterocycles. The number of anilines is 1. The van der Waals surface area contributed by atoms with Crippen LogP contribution in [-0.4, -0.2) is 36.8 Å². The van der Waals surface area contributed by atoms with E-state index in [1.807, 2.05) is 0 Å². The van der Waals surface area contributed by atoms with Gasteiger partial charge in [-0.3, -0.25) is 25.2 Å². The molecular weight excluding hydrogens is 398 g/mol. The minimum absolute atomic E-state index is 0.0534. The number of hydrogen-bond donors (Lipinski definition) is 2. The number of esters is 1. The quantitative estimate of drug-likeness (QED) is 0.574. The van der Waals surface area contributed by atoms with E-state index >= 15 is 0 Å². The molecule has 0 saturated carbocycles. The number of nitrogens with one attached hydrogen (secondary N) is 2. The molecule has 150 valence electrons. The minimum Gasteiger partial charge on any atom is -0.452 e. The second-order valence-corrected chi connectivity index (χ2v) is 6.72. The van der Waals surface area contributed by atoms with Gasteiger partial charge in [0.15, 0.2) is 6.61 Å². The summed E-state index contributed by atoms with van der Waals surface area (Å²) >= 11 is 5.75. The van der Waals surface area contributed by atoms with Crippen LogP contribution in [0, 0.1) is 0 Å². The highest BCUT2D eigenvalue weighted by molar-refractivity contribution is 6.30. The first kappa shape index (κ1) is 20.3. The Hall–Kier alpha value is -3.39. The van der Waals surface area contributed by atoms with Gasteiger partial charge in [-0.2, -0.15) is 0 Å². The number of nitrogens with zero attached hydrogens (tertiary/aromatic N) is 1. The lowest BCUT2D eigenvalue weighted by Crippen LogP contribution is -2.43. The maximum Gasteiger partial charge on any atom is 0.338 e. The van der Waals surface area contributed by atoms with E-state index in [-0.39, 0.29) is 11.5 Å². The molecule has 0 aromatic heterocycles. The third-order valence-corrected chi connectivity index (χ3v) is 4.50. The van der Waals surface area contributed by atoms with Crippen molar-refractivity contribution in [3.05, 3.63) is 64.7 Å². The van der Waals surface area contributed by atoms with Crippen molar-refractivity contribution in [2.75, 3.05) is 18.1 Å². The van der Waals surface area contributed by atoms with Crippen molar-refractivity contribution in [1.82, 2.24) is 10.9 Å². The van der Waals surface area contributed by atoms with Gasteiger partial charge in [0.2, 0.25) is 5.91 Å². The van der Waals surface area contributed by atoms with E-state index in [1.54, 1.807) is 29.2 Å². The lowest BCUT2D eigenvalue weighted by molar-refractivity contribution is -0.125. The normalized spacial score (nSPS) is 13.1. The molecular formula is C20H18ClN3O5. The van der Waals surface area contributed by atoms with E-state index in [2.05, 4.69) is 10.9 Å². The second kappa shape index (κ2) is 9.20. The van der Waals surface area contributed by atoms with Crippen molar-refractivity contribution in [2.45, 2.75) is 12.8 Å². The number of ether oxygens (including phenoxy) is 1. The Labute approximate surface area is 171 Å². The zero-order chi connectivity index (χ0) is 20.8. The fourth-order valence-corrected chi connectivity index (χ4v) is 2.88. The molecule has 2 aromatic carbocycles. The number of hydrazine groups is 1. The van der Waals surface area contributed by atoms with Crippen LogP contribution in [-0.2, 0) is 14.3 Å². The number of halogens is 1. The highest BCUT2D eigenvalue weighted by Gasteiger charge is 2.22. The van der Waals surface area contributed by atoms with E-state index in [4.69, 9.17) is 16.3 Å². The van der Waals surface area contributed by atoms with Crippen LogP contribution < -0.4 is 15.8 Å². The molecule has 29 heavy (non-hydrogen) atoms. The highest BCUT2D eigenvalue weighted by atomic mass is 35.5. The third kappa shape index (κ3) is 5.32. The zero-order valence-corrected chi connectivity index (χ0v) is 16.1. The van der Waals surface area contributed by atoms with Gasteiger partial charge < -0.3 is 9.64 Å². The van der Waals surface area contributed by atoms with Gasteiger partial charge >= 0.3 is 5.97 Å². The van der Waals surface area contributed by atoms with Crippen molar-refractivity contribution < 1.29 is 23.9 Å². The molecule has 1 fully saturated rings. The zero-order valence-electron chi connectivity index (χ0n) is 15.3. The molecule has 3 amide bonds. The summed E-state index contributed by atoms with van der Waals surface area (Å²) in [5, 5.41) is 0.484. The van der Waals surface area contributed by atoms with Crippen LogP contribution in [0.4, 0.5) is 5.69 Å². The van der Waals surface area contributed by atoms with E-state index in [9.17, 15) is 19.2 Å². The predicted octanol–water partition coefficient (Wildman–Crippen LogP) is 2.08. The van der Waals surface area contributed by atoms with Crippen molar-refractivity contribution in [2.24, 2.45) is 0 Å². The maximum atomic E-state index is 12.1. The summed E-state index contributed by atoms with van der Waals surface area (Å²) in [4.78, 5) is 49.1. The van der Waals surface area contributed by atoms with Gasteiger partial charge in [-0.1, -0.05) is 11.6 Å². The summed E-state index contributed by atoms with van der Waals surface area (Å²) < 4.78 is 4.93. The third-order valence-electron chi connectivity index (χ3n) is 4.24. The van der Waals surface area contributed by atoms with Crippen molar-refractivity contribution in [1.29, 1.82) is 0 Å². The maximum absolute atomic E-state index is 12.1. The molecule has 0 spiro atoms. The summed E-state index contributed by atoms with van der Waals surface area (Å²) in [6.45, 7) is 0.0939. The molecule has 3 rings (SSSR count). The summed E-state index contributed by atoms with van der Waals surface area (Å²) in [7, 11) is 0. The van der Waals surface area contributed by atoms with Crippen LogP contribution in [0.15, 0.2) is 48.5 Å². The largest absolute Gasteiger partial charge is 0.452 e. The second-order valence-electron chi connectivity index (χ2n) is 6.28. The Morgan fingerprint density at radius 3 is 2.24 bits per heavy atom. The molecule has 2 N–H and O–H groups in total. The van der Waals surface area contributed by atoms with Gasteiger partial charge in [0.25, 0.3) is 11.8 Å². The molecule has 0 radical (unpaired) electrons. The van der Waals surface area contributed by atoms with E-state index in [0.29, 0.717) is 29.2 Å². The van der Waals surface area contributed by atoms with Gasteiger partial charge in [0.1, 0.15) is 0 Å². The van der Waals surface area contributed by atoms with Gasteiger partial charge in [-0.15, -0.1) is 0 Å². The summed E-state index contributed by atoms with van der Waals surface area (Å²) in [5.41, 5.74) is 5.65. The summed E-state index contributed by atoms with van der Waals surface area (Å²) in [6, 6.07) is 12.5. The monoisotopic (exact) mass is 415 g/mol. The fourth-order valence-electron chi connectivity index (χ4n) is 2.75. The first-order valence-electron chi connectivity index (χ1n) is 8.86. The number of benzene rings is 2. The molecule has 1 aliphatic rings. The van der Waals surface area contributed by atoms with Crippen LogP contribution in [0.2, 0.25) is 5.02 Å². The number of hydrogen-bond acceptors (Lipinski definition) is 5. The Morgan fingerprint density at radius 1 is 0.966 bits per heavy atom. The van der Waals surface area contributed by atoms with E-state index in [0.717, 1.165) is 6.42 Å². The molecule has 8 nitrogen and oxygen atoms in total. The Bertz CT molecular complexity index is 928. The van der Waals surface area contributed by atoms with Crippen LogP contribution in [0.25, 0.3) is 0 Å². The Kier molecular flexibility index (Phi) is 6.46. The van der Waals surface area contributed by atoms with E-state index < -0.39 is 24.4 Å².